The Morgan fingerprint density at radius 1 is 1.03 bits per heavy atom. The Bertz CT molecular complexity index is 1450. The van der Waals surface area contributed by atoms with Crippen LogP contribution in [-0.4, -0.2) is 51.2 Å². The smallest absolute Gasteiger partial charge is 0.264 e. The Balaban J connectivity index is 1.40. The van der Waals surface area contributed by atoms with E-state index in [0.29, 0.717) is 28.7 Å². The third kappa shape index (κ3) is 3.45. The van der Waals surface area contributed by atoms with E-state index < -0.39 is 17.2 Å². The molecule has 0 amide bonds. The number of nitrogens with zero attached hydrogens (tertiary/aromatic N) is 4. The first kappa shape index (κ1) is 20.6. The molecule has 1 N–H and O–H groups in total. The summed E-state index contributed by atoms with van der Waals surface area (Å²) in [5.41, 5.74) is 2.27. The van der Waals surface area contributed by atoms with Crippen LogP contribution in [0.3, 0.4) is 0 Å². The SMILES string of the molecule is O=C(c1ccc(F)c(-c2ncnc3cc(N4C5CCC4COC5)ccc23)c1)c1ccc(=O)[nH]n1. The lowest BCUT2D eigenvalue weighted by molar-refractivity contribution is 0.0907. The maximum atomic E-state index is 14.9. The number of halogens is 1. The number of nitrogens with one attached hydrogen (secondary N) is 1. The number of hydrogen-bond acceptors (Lipinski definition) is 7. The van der Waals surface area contributed by atoms with E-state index >= 15 is 0 Å². The summed E-state index contributed by atoms with van der Waals surface area (Å²) in [4.78, 5) is 35.3. The number of carbonyl (C=O) groups is 1. The number of anilines is 1. The number of rotatable bonds is 4. The van der Waals surface area contributed by atoms with Gasteiger partial charge in [-0.05, 0) is 55.3 Å². The fraction of sp³-hybridized carbons (Fsp3) is 0.240. The highest BCUT2D eigenvalue weighted by atomic mass is 19.1. The van der Waals surface area contributed by atoms with Gasteiger partial charge in [-0.15, -0.1) is 0 Å². The second-order valence-electron chi connectivity index (χ2n) is 8.58. The predicted molar refractivity (Wildman–Crippen MR) is 123 cm³/mol. The van der Waals surface area contributed by atoms with E-state index in [0.717, 1.165) is 31.7 Å². The van der Waals surface area contributed by atoms with Crippen molar-refractivity contribution >= 4 is 22.4 Å². The van der Waals surface area contributed by atoms with Gasteiger partial charge in [-0.3, -0.25) is 9.59 Å². The van der Waals surface area contributed by atoms with Gasteiger partial charge in [-0.2, -0.15) is 5.10 Å². The molecule has 2 fully saturated rings. The fourth-order valence-electron chi connectivity index (χ4n) is 4.94. The Hall–Kier alpha value is -3.98. The van der Waals surface area contributed by atoms with E-state index in [4.69, 9.17) is 4.74 Å². The van der Waals surface area contributed by atoms with Crippen LogP contribution in [0, 0.1) is 5.82 Å². The number of fused-ring (bicyclic) bond motifs is 3. The molecule has 170 valence electrons. The van der Waals surface area contributed by atoms with Gasteiger partial charge < -0.3 is 9.64 Å². The first-order chi connectivity index (χ1) is 16.6. The third-order valence-corrected chi connectivity index (χ3v) is 6.55. The molecule has 2 aromatic heterocycles. The van der Waals surface area contributed by atoms with Crippen LogP contribution in [0.1, 0.15) is 28.9 Å². The van der Waals surface area contributed by atoms with Gasteiger partial charge in [0.15, 0.2) is 0 Å². The lowest BCUT2D eigenvalue weighted by atomic mass is 10.00. The zero-order valence-corrected chi connectivity index (χ0v) is 18.1. The average Bonchev–Trinajstić information content (AvgIpc) is 3.11. The van der Waals surface area contributed by atoms with Gasteiger partial charge in [0.25, 0.3) is 5.56 Å². The molecule has 2 aliphatic heterocycles. The largest absolute Gasteiger partial charge is 0.377 e. The van der Waals surface area contributed by atoms with Crippen molar-refractivity contribution in [3.63, 3.8) is 0 Å². The van der Waals surface area contributed by atoms with Crippen molar-refractivity contribution < 1.29 is 13.9 Å². The molecule has 2 saturated heterocycles. The number of aromatic amines is 1. The maximum Gasteiger partial charge on any atom is 0.264 e. The van der Waals surface area contributed by atoms with Gasteiger partial charge >= 0.3 is 0 Å². The molecule has 4 aromatic rings. The fourth-order valence-corrected chi connectivity index (χ4v) is 4.94. The summed E-state index contributed by atoms with van der Waals surface area (Å²) < 4.78 is 20.6. The molecule has 2 bridgehead atoms. The molecular formula is C25H20FN5O3. The summed E-state index contributed by atoms with van der Waals surface area (Å²) in [7, 11) is 0. The number of hydrogen-bond donors (Lipinski definition) is 1. The maximum absolute atomic E-state index is 14.9. The van der Waals surface area contributed by atoms with Gasteiger partial charge in [0.1, 0.15) is 17.8 Å². The second-order valence-corrected chi connectivity index (χ2v) is 8.58. The molecule has 6 rings (SSSR count). The third-order valence-electron chi connectivity index (χ3n) is 6.55. The molecule has 34 heavy (non-hydrogen) atoms. The van der Waals surface area contributed by atoms with E-state index in [-0.39, 0.29) is 16.8 Å². The molecule has 4 heterocycles. The van der Waals surface area contributed by atoms with Crippen molar-refractivity contribution in [2.45, 2.75) is 24.9 Å². The predicted octanol–water partition coefficient (Wildman–Crippen LogP) is 3.12. The Kier molecular flexibility index (Phi) is 4.91. The highest BCUT2D eigenvalue weighted by Gasteiger charge is 2.37. The molecule has 2 aliphatic rings. The van der Waals surface area contributed by atoms with Crippen LogP contribution < -0.4 is 10.5 Å². The number of ketones is 1. The molecule has 8 nitrogen and oxygen atoms in total. The van der Waals surface area contributed by atoms with Crippen molar-refractivity contribution in [3.05, 3.63) is 82.3 Å². The Morgan fingerprint density at radius 3 is 2.62 bits per heavy atom. The van der Waals surface area contributed by atoms with Gasteiger partial charge in [0.2, 0.25) is 5.78 Å². The van der Waals surface area contributed by atoms with E-state index in [1.807, 2.05) is 18.2 Å². The van der Waals surface area contributed by atoms with E-state index in [2.05, 4.69) is 25.1 Å². The average molecular weight is 457 g/mol. The number of carbonyl (C=O) groups excluding carboxylic acids is 1. The van der Waals surface area contributed by atoms with Crippen LogP contribution in [0.2, 0.25) is 0 Å². The summed E-state index contributed by atoms with van der Waals surface area (Å²) in [5.74, 6) is -0.929. The van der Waals surface area contributed by atoms with E-state index in [1.54, 1.807) is 0 Å². The number of H-pyrrole nitrogens is 1. The molecule has 0 radical (unpaired) electrons. The highest BCUT2D eigenvalue weighted by Crippen LogP contribution is 2.36. The molecular weight excluding hydrogens is 437 g/mol. The van der Waals surface area contributed by atoms with Crippen molar-refractivity contribution in [2.24, 2.45) is 0 Å². The zero-order chi connectivity index (χ0) is 23.2. The molecule has 0 spiro atoms. The van der Waals surface area contributed by atoms with Crippen molar-refractivity contribution in [3.8, 4) is 11.3 Å². The number of ether oxygens (including phenoxy) is 1. The van der Waals surface area contributed by atoms with Crippen LogP contribution in [0.5, 0.6) is 0 Å². The van der Waals surface area contributed by atoms with E-state index in [1.165, 1.54) is 36.7 Å². The number of aromatic nitrogens is 4. The topological polar surface area (TPSA) is 101 Å². The molecule has 0 aliphatic carbocycles. The quantitative estimate of drug-likeness (QED) is 0.470. The van der Waals surface area contributed by atoms with Crippen molar-refractivity contribution in [2.75, 3.05) is 18.1 Å². The minimum Gasteiger partial charge on any atom is -0.377 e. The van der Waals surface area contributed by atoms with Crippen LogP contribution in [0.25, 0.3) is 22.2 Å². The van der Waals surface area contributed by atoms with Gasteiger partial charge in [0, 0.05) is 28.3 Å². The lowest BCUT2D eigenvalue weighted by Crippen LogP contribution is -2.45. The Labute approximate surface area is 193 Å². The lowest BCUT2D eigenvalue weighted by Gasteiger charge is -2.36. The van der Waals surface area contributed by atoms with Gasteiger partial charge in [0.05, 0.1) is 36.5 Å². The number of morpholine rings is 1. The van der Waals surface area contributed by atoms with Crippen LogP contribution in [0.15, 0.2) is 59.7 Å². The zero-order valence-electron chi connectivity index (χ0n) is 18.1. The minimum absolute atomic E-state index is 0.0643. The number of benzene rings is 2. The highest BCUT2D eigenvalue weighted by molar-refractivity contribution is 6.08. The summed E-state index contributed by atoms with van der Waals surface area (Å²) >= 11 is 0. The molecule has 9 heteroatoms. The van der Waals surface area contributed by atoms with Crippen LogP contribution >= 0.6 is 0 Å². The normalized spacial score (nSPS) is 19.5. The summed E-state index contributed by atoms with van der Waals surface area (Å²) in [6.07, 6.45) is 3.62. The van der Waals surface area contributed by atoms with E-state index in [9.17, 15) is 14.0 Å². The van der Waals surface area contributed by atoms with Crippen LogP contribution in [-0.2, 0) is 4.74 Å². The first-order valence-electron chi connectivity index (χ1n) is 11.1. The van der Waals surface area contributed by atoms with Gasteiger partial charge in [-0.25, -0.2) is 19.5 Å². The monoisotopic (exact) mass is 457 g/mol. The summed E-state index contributed by atoms with van der Waals surface area (Å²) in [6, 6.07) is 13.3. The molecule has 2 aromatic carbocycles. The molecule has 2 atom stereocenters. The van der Waals surface area contributed by atoms with Crippen molar-refractivity contribution in [1.82, 2.24) is 20.2 Å². The molecule has 2 unspecified atom stereocenters. The summed E-state index contributed by atoms with van der Waals surface area (Å²) in [6.45, 7) is 1.44. The standard InChI is InChI=1S/C25H20FN5O3/c26-20-6-1-14(25(33)21-7-8-23(32)30-29-21)9-19(20)24-18-5-4-15(10-22(18)27-13-28-24)31-16-2-3-17(31)12-34-11-16/h1,4-10,13,16-17H,2-3,11-12H2,(H,30,32). The molecule has 0 saturated carbocycles. The van der Waals surface area contributed by atoms with Gasteiger partial charge in [-0.1, -0.05) is 0 Å². The minimum atomic E-state index is -0.499. The summed E-state index contributed by atoms with van der Waals surface area (Å²) in [5, 5.41) is 6.72. The second kappa shape index (κ2) is 8.11. The first-order valence-corrected chi connectivity index (χ1v) is 11.1. The van der Waals surface area contributed by atoms with Crippen molar-refractivity contribution in [1.29, 1.82) is 0 Å². The van der Waals surface area contributed by atoms with Crippen LogP contribution in [0.4, 0.5) is 10.1 Å². The Morgan fingerprint density at radius 2 is 1.85 bits per heavy atom.